The molecule has 0 radical (unpaired) electrons. The maximum absolute atomic E-state index is 11.3. The van der Waals surface area contributed by atoms with Gasteiger partial charge in [-0.25, -0.2) is 4.98 Å². The van der Waals surface area contributed by atoms with Crippen LogP contribution in [-0.2, 0) is 0 Å². The van der Waals surface area contributed by atoms with Crippen molar-refractivity contribution in [3.05, 3.63) is 52.1 Å². The lowest BCUT2D eigenvalue weighted by Crippen LogP contribution is -2.14. The lowest BCUT2D eigenvalue weighted by atomic mass is 10.2. The number of aromatic nitrogens is 1. The van der Waals surface area contributed by atoms with E-state index < -0.39 is 5.91 Å². The number of benzene rings is 1. The Morgan fingerprint density at radius 3 is 2.83 bits per heavy atom. The molecule has 0 unspecified atom stereocenters. The van der Waals surface area contributed by atoms with Crippen LogP contribution in [0.2, 0.25) is 0 Å². The molecular weight excluding hydrogens is 294 g/mol. The van der Waals surface area contributed by atoms with Crippen molar-refractivity contribution in [3.8, 4) is 0 Å². The van der Waals surface area contributed by atoms with Crippen molar-refractivity contribution < 1.29 is 4.79 Å². The van der Waals surface area contributed by atoms with Gasteiger partial charge in [0.25, 0.3) is 5.91 Å². The Labute approximate surface area is 113 Å². The van der Waals surface area contributed by atoms with Crippen LogP contribution >= 0.6 is 15.9 Å². The molecule has 0 aliphatic rings. The highest BCUT2D eigenvalue weighted by Gasteiger charge is 2.09. The lowest BCUT2D eigenvalue weighted by Gasteiger charge is -2.11. The zero-order valence-corrected chi connectivity index (χ0v) is 11.4. The lowest BCUT2D eigenvalue weighted by molar-refractivity contribution is 0.100. The van der Waals surface area contributed by atoms with Crippen LogP contribution in [0.25, 0.3) is 0 Å². The largest absolute Gasteiger partial charge is 0.365 e. The molecule has 0 spiro atoms. The number of rotatable bonds is 3. The van der Waals surface area contributed by atoms with E-state index in [9.17, 15) is 4.79 Å². The summed E-state index contributed by atoms with van der Waals surface area (Å²) in [4.78, 5) is 15.4. The van der Waals surface area contributed by atoms with Gasteiger partial charge in [-0.1, -0.05) is 15.9 Å². The standard InChI is InChI=1S/C13H12BrN3O/c1-8-7-9(14)4-5-11(8)17-13-10(12(15)18)3-2-6-16-13/h2-7H,1H3,(H2,15,18)(H,16,17). The molecule has 0 bridgehead atoms. The predicted molar refractivity (Wildman–Crippen MR) is 74.9 cm³/mol. The topological polar surface area (TPSA) is 68.0 Å². The van der Waals surface area contributed by atoms with Gasteiger partial charge >= 0.3 is 0 Å². The van der Waals surface area contributed by atoms with Gasteiger partial charge in [-0.15, -0.1) is 0 Å². The first-order valence-electron chi connectivity index (χ1n) is 5.36. The molecule has 0 aliphatic carbocycles. The van der Waals surface area contributed by atoms with Gasteiger partial charge in [0.05, 0.1) is 5.56 Å². The second-order valence-electron chi connectivity index (χ2n) is 3.85. The Bertz CT molecular complexity index is 599. The number of carbonyl (C=O) groups excluding carboxylic acids is 1. The van der Waals surface area contributed by atoms with E-state index in [-0.39, 0.29) is 0 Å². The molecule has 5 heteroatoms. The fourth-order valence-electron chi connectivity index (χ4n) is 1.60. The van der Waals surface area contributed by atoms with E-state index in [1.54, 1.807) is 18.3 Å². The van der Waals surface area contributed by atoms with Crippen molar-refractivity contribution in [2.24, 2.45) is 5.73 Å². The van der Waals surface area contributed by atoms with Gasteiger partial charge in [0, 0.05) is 16.4 Å². The fraction of sp³-hybridized carbons (Fsp3) is 0.0769. The molecule has 1 aromatic carbocycles. The fourth-order valence-corrected chi connectivity index (χ4v) is 2.07. The van der Waals surface area contributed by atoms with Gasteiger partial charge in [-0.05, 0) is 42.8 Å². The third kappa shape index (κ3) is 2.68. The van der Waals surface area contributed by atoms with Crippen LogP contribution in [0.15, 0.2) is 41.0 Å². The molecule has 1 amide bonds. The summed E-state index contributed by atoms with van der Waals surface area (Å²) in [5.41, 5.74) is 7.61. The van der Waals surface area contributed by atoms with Crippen LogP contribution in [-0.4, -0.2) is 10.9 Å². The number of anilines is 2. The monoisotopic (exact) mass is 305 g/mol. The van der Waals surface area contributed by atoms with E-state index in [0.717, 1.165) is 15.7 Å². The van der Waals surface area contributed by atoms with E-state index in [4.69, 9.17) is 5.73 Å². The summed E-state index contributed by atoms with van der Waals surface area (Å²) in [5.74, 6) is -0.0317. The number of nitrogens with one attached hydrogen (secondary N) is 1. The van der Waals surface area contributed by atoms with Crippen LogP contribution in [0.1, 0.15) is 15.9 Å². The van der Waals surface area contributed by atoms with E-state index >= 15 is 0 Å². The van der Waals surface area contributed by atoms with Gasteiger partial charge in [-0.2, -0.15) is 0 Å². The number of halogens is 1. The Morgan fingerprint density at radius 2 is 2.17 bits per heavy atom. The molecule has 0 saturated carbocycles. The Hall–Kier alpha value is -1.88. The van der Waals surface area contributed by atoms with Crippen LogP contribution in [0.5, 0.6) is 0 Å². The molecule has 1 aromatic heterocycles. The summed E-state index contributed by atoms with van der Waals surface area (Å²) < 4.78 is 1.00. The van der Waals surface area contributed by atoms with Crippen LogP contribution in [0.4, 0.5) is 11.5 Å². The quantitative estimate of drug-likeness (QED) is 0.916. The number of hydrogen-bond acceptors (Lipinski definition) is 3. The molecule has 2 rings (SSSR count). The smallest absolute Gasteiger partial charge is 0.252 e. The SMILES string of the molecule is Cc1cc(Br)ccc1Nc1ncccc1C(N)=O. The average Bonchev–Trinajstić information content (AvgIpc) is 2.33. The van der Waals surface area contributed by atoms with Gasteiger partial charge in [-0.3, -0.25) is 4.79 Å². The minimum atomic E-state index is -0.500. The number of pyridine rings is 1. The highest BCUT2D eigenvalue weighted by molar-refractivity contribution is 9.10. The molecule has 0 atom stereocenters. The van der Waals surface area contributed by atoms with Crippen molar-refractivity contribution in [2.75, 3.05) is 5.32 Å². The summed E-state index contributed by atoms with van der Waals surface area (Å²) in [6.45, 7) is 1.97. The van der Waals surface area contributed by atoms with Crippen molar-refractivity contribution in [1.29, 1.82) is 0 Å². The number of primary amides is 1. The van der Waals surface area contributed by atoms with E-state index in [1.165, 1.54) is 0 Å². The van der Waals surface area contributed by atoms with E-state index in [2.05, 4.69) is 26.2 Å². The summed E-state index contributed by atoms with van der Waals surface area (Å²) in [6.07, 6.45) is 1.61. The van der Waals surface area contributed by atoms with Gasteiger partial charge < -0.3 is 11.1 Å². The van der Waals surface area contributed by atoms with E-state index in [1.807, 2.05) is 25.1 Å². The van der Waals surface area contributed by atoms with Crippen molar-refractivity contribution >= 4 is 33.3 Å². The number of carbonyl (C=O) groups is 1. The minimum absolute atomic E-state index is 0.375. The second kappa shape index (κ2) is 5.18. The summed E-state index contributed by atoms with van der Waals surface area (Å²) in [5, 5.41) is 3.12. The molecule has 0 saturated heterocycles. The number of amides is 1. The highest BCUT2D eigenvalue weighted by atomic mass is 79.9. The molecule has 4 nitrogen and oxygen atoms in total. The Balaban J connectivity index is 2.37. The Morgan fingerprint density at radius 1 is 1.39 bits per heavy atom. The average molecular weight is 306 g/mol. The van der Waals surface area contributed by atoms with Crippen molar-refractivity contribution in [2.45, 2.75) is 6.92 Å². The molecule has 2 aromatic rings. The first-order valence-corrected chi connectivity index (χ1v) is 6.15. The van der Waals surface area contributed by atoms with E-state index in [0.29, 0.717) is 11.4 Å². The summed E-state index contributed by atoms with van der Waals surface area (Å²) in [6, 6.07) is 9.14. The highest BCUT2D eigenvalue weighted by Crippen LogP contribution is 2.24. The van der Waals surface area contributed by atoms with Crippen molar-refractivity contribution in [1.82, 2.24) is 4.98 Å². The number of nitrogens with zero attached hydrogens (tertiary/aromatic N) is 1. The number of aryl methyl sites for hydroxylation is 1. The normalized spacial score (nSPS) is 10.1. The molecule has 92 valence electrons. The van der Waals surface area contributed by atoms with Crippen LogP contribution < -0.4 is 11.1 Å². The minimum Gasteiger partial charge on any atom is -0.365 e. The third-order valence-electron chi connectivity index (χ3n) is 2.51. The third-order valence-corrected chi connectivity index (χ3v) is 3.01. The zero-order valence-electron chi connectivity index (χ0n) is 9.77. The van der Waals surface area contributed by atoms with Gasteiger partial charge in [0.15, 0.2) is 0 Å². The second-order valence-corrected chi connectivity index (χ2v) is 4.76. The van der Waals surface area contributed by atoms with Crippen molar-refractivity contribution in [3.63, 3.8) is 0 Å². The first-order chi connectivity index (χ1) is 8.58. The van der Waals surface area contributed by atoms with Crippen LogP contribution in [0.3, 0.4) is 0 Å². The molecule has 3 N–H and O–H groups in total. The Kier molecular flexibility index (Phi) is 3.62. The maximum Gasteiger partial charge on any atom is 0.252 e. The zero-order chi connectivity index (χ0) is 13.1. The van der Waals surface area contributed by atoms with Gasteiger partial charge in [0.1, 0.15) is 5.82 Å². The summed E-state index contributed by atoms with van der Waals surface area (Å²) >= 11 is 3.40. The molecule has 0 aliphatic heterocycles. The molecule has 0 fully saturated rings. The maximum atomic E-state index is 11.3. The first kappa shape index (κ1) is 12.6. The molecule has 18 heavy (non-hydrogen) atoms. The number of nitrogens with two attached hydrogens (primary N) is 1. The summed E-state index contributed by atoms with van der Waals surface area (Å²) in [7, 11) is 0. The molecular formula is C13H12BrN3O. The van der Waals surface area contributed by atoms with Crippen LogP contribution in [0, 0.1) is 6.92 Å². The molecule has 1 heterocycles. The predicted octanol–water partition coefficient (Wildman–Crippen LogP) is 3.00. The van der Waals surface area contributed by atoms with Gasteiger partial charge in [0.2, 0.25) is 0 Å². The number of hydrogen-bond donors (Lipinski definition) is 2.